The number of carboxylic acid groups (broad SMARTS) is 1. The van der Waals surface area contributed by atoms with Crippen LogP contribution in [0.1, 0.15) is 52.4 Å². The molecule has 1 aliphatic carbocycles. The number of aliphatic carboxylic acids is 1. The third-order valence-corrected chi connectivity index (χ3v) is 4.50. The van der Waals surface area contributed by atoms with Crippen LogP contribution in [-0.4, -0.2) is 34.6 Å². The molecule has 2 rings (SSSR count). The Kier molecular flexibility index (Phi) is 4.44. The molecule has 0 bridgehead atoms. The van der Waals surface area contributed by atoms with E-state index in [9.17, 15) is 9.90 Å². The van der Waals surface area contributed by atoms with E-state index in [-0.39, 0.29) is 6.04 Å². The highest BCUT2D eigenvalue weighted by molar-refractivity contribution is 5.73. The van der Waals surface area contributed by atoms with Crippen molar-refractivity contribution in [3.63, 3.8) is 0 Å². The Hall–Kier alpha value is -0.830. The molecule has 0 spiro atoms. The largest absolute Gasteiger partial charge is 0.480 e. The van der Waals surface area contributed by atoms with Gasteiger partial charge in [0.2, 0.25) is 0 Å². The van der Waals surface area contributed by atoms with E-state index in [1.54, 1.807) is 0 Å². The summed E-state index contributed by atoms with van der Waals surface area (Å²) in [7, 11) is 0. The summed E-state index contributed by atoms with van der Waals surface area (Å²) in [5.74, 6) is 0.0982. The molecule has 1 aliphatic heterocycles. The Morgan fingerprint density at radius 3 is 2.61 bits per heavy atom. The first-order valence-corrected chi connectivity index (χ1v) is 7.21. The minimum Gasteiger partial charge on any atom is -0.480 e. The summed E-state index contributed by atoms with van der Waals surface area (Å²) in [5.41, 5.74) is 1.28. The molecule has 3 heteroatoms. The van der Waals surface area contributed by atoms with Gasteiger partial charge < -0.3 is 5.11 Å². The van der Waals surface area contributed by atoms with Gasteiger partial charge >= 0.3 is 5.97 Å². The topological polar surface area (TPSA) is 40.5 Å². The highest BCUT2D eigenvalue weighted by Crippen LogP contribution is 2.37. The zero-order chi connectivity index (χ0) is 13.1. The van der Waals surface area contributed by atoms with Crippen LogP contribution >= 0.6 is 0 Å². The number of fused-ring (bicyclic) bond motifs is 1. The zero-order valence-corrected chi connectivity index (χ0v) is 11.6. The number of carbonyl (C=O) groups is 1. The first-order chi connectivity index (χ1) is 8.59. The van der Waals surface area contributed by atoms with Gasteiger partial charge in [-0.1, -0.05) is 24.5 Å². The number of rotatable bonds is 3. The van der Waals surface area contributed by atoms with E-state index in [0.717, 1.165) is 25.3 Å². The summed E-state index contributed by atoms with van der Waals surface area (Å²) in [4.78, 5) is 13.7. The van der Waals surface area contributed by atoms with Crippen LogP contribution in [0.15, 0.2) is 11.6 Å². The number of hydrogen-bond acceptors (Lipinski definition) is 2. The smallest absolute Gasteiger partial charge is 0.320 e. The maximum Gasteiger partial charge on any atom is 0.320 e. The molecular weight excluding hydrogens is 226 g/mol. The second-order valence-corrected chi connectivity index (χ2v) is 6.02. The maximum atomic E-state index is 11.4. The molecule has 102 valence electrons. The van der Waals surface area contributed by atoms with Crippen LogP contribution in [0.3, 0.4) is 0 Å². The fourth-order valence-corrected chi connectivity index (χ4v) is 3.55. The van der Waals surface area contributed by atoms with Crippen LogP contribution in [0.2, 0.25) is 0 Å². The number of nitrogens with zero attached hydrogens (tertiary/aromatic N) is 1. The maximum absolute atomic E-state index is 11.4. The van der Waals surface area contributed by atoms with Crippen molar-refractivity contribution in [2.24, 2.45) is 5.92 Å². The van der Waals surface area contributed by atoms with Crippen molar-refractivity contribution in [2.45, 2.75) is 64.5 Å². The lowest BCUT2D eigenvalue weighted by atomic mass is 9.76. The van der Waals surface area contributed by atoms with Crippen molar-refractivity contribution >= 4 is 5.97 Å². The third-order valence-electron chi connectivity index (χ3n) is 4.50. The van der Waals surface area contributed by atoms with E-state index in [0.29, 0.717) is 6.04 Å². The standard InChI is InChI=1S/C15H25NO2/c1-11(2)9-10-16-13-6-4-3-5-12(13)7-8-14(16)15(17)18/h9,12-14H,3-8,10H2,1-2H3,(H,17,18). The van der Waals surface area contributed by atoms with Gasteiger partial charge in [0.1, 0.15) is 6.04 Å². The number of hydrogen-bond donors (Lipinski definition) is 1. The van der Waals surface area contributed by atoms with Crippen molar-refractivity contribution in [1.82, 2.24) is 4.90 Å². The average molecular weight is 251 g/mol. The number of allylic oxidation sites excluding steroid dienone is 1. The van der Waals surface area contributed by atoms with Gasteiger partial charge in [0.05, 0.1) is 0 Å². The molecule has 2 fully saturated rings. The monoisotopic (exact) mass is 251 g/mol. The fourth-order valence-electron chi connectivity index (χ4n) is 3.55. The van der Waals surface area contributed by atoms with Gasteiger partial charge in [0.25, 0.3) is 0 Å². The summed E-state index contributed by atoms with van der Waals surface area (Å²) >= 11 is 0. The molecular formula is C15H25NO2. The molecule has 0 radical (unpaired) electrons. The molecule has 18 heavy (non-hydrogen) atoms. The van der Waals surface area contributed by atoms with Gasteiger partial charge in [0, 0.05) is 12.6 Å². The van der Waals surface area contributed by atoms with Crippen molar-refractivity contribution in [1.29, 1.82) is 0 Å². The Morgan fingerprint density at radius 1 is 1.22 bits per heavy atom. The SMILES string of the molecule is CC(C)=CCN1C(C(=O)O)CCC2CCCCC21. The Balaban J connectivity index is 2.13. The third kappa shape index (κ3) is 2.94. The van der Waals surface area contributed by atoms with Crippen LogP contribution in [0.25, 0.3) is 0 Å². The Morgan fingerprint density at radius 2 is 1.94 bits per heavy atom. The van der Waals surface area contributed by atoms with E-state index >= 15 is 0 Å². The van der Waals surface area contributed by atoms with Crippen molar-refractivity contribution in [2.75, 3.05) is 6.54 Å². The molecule has 0 amide bonds. The fraction of sp³-hybridized carbons (Fsp3) is 0.800. The lowest BCUT2D eigenvalue weighted by Crippen LogP contribution is -2.55. The Bertz CT molecular complexity index is 333. The second-order valence-electron chi connectivity index (χ2n) is 6.02. The predicted octanol–water partition coefficient (Wildman–Crippen LogP) is 3.06. The summed E-state index contributed by atoms with van der Waals surface area (Å²) < 4.78 is 0. The van der Waals surface area contributed by atoms with Gasteiger partial charge in [-0.15, -0.1) is 0 Å². The summed E-state index contributed by atoms with van der Waals surface area (Å²) in [6, 6.07) is 0.240. The van der Waals surface area contributed by atoms with Gasteiger partial charge in [-0.25, -0.2) is 0 Å². The zero-order valence-electron chi connectivity index (χ0n) is 11.6. The normalized spacial score (nSPS) is 32.7. The van der Waals surface area contributed by atoms with Gasteiger partial charge in [-0.05, 0) is 45.4 Å². The Labute approximate surface area is 110 Å². The van der Waals surface area contributed by atoms with Gasteiger partial charge in [-0.2, -0.15) is 0 Å². The van der Waals surface area contributed by atoms with E-state index in [1.807, 2.05) is 0 Å². The van der Waals surface area contributed by atoms with E-state index in [4.69, 9.17) is 0 Å². The molecule has 1 N–H and O–H groups in total. The van der Waals surface area contributed by atoms with Crippen LogP contribution < -0.4 is 0 Å². The van der Waals surface area contributed by atoms with Crippen molar-refractivity contribution in [3.8, 4) is 0 Å². The molecule has 3 nitrogen and oxygen atoms in total. The van der Waals surface area contributed by atoms with E-state index in [2.05, 4.69) is 24.8 Å². The highest BCUT2D eigenvalue weighted by atomic mass is 16.4. The molecule has 1 saturated heterocycles. The predicted molar refractivity (Wildman–Crippen MR) is 72.5 cm³/mol. The summed E-state index contributed by atoms with van der Waals surface area (Å²) in [6.45, 7) is 4.97. The van der Waals surface area contributed by atoms with Crippen molar-refractivity contribution < 1.29 is 9.90 Å². The minimum atomic E-state index is -0.638. The van der Waals surface area contributed by atoms with E-state index < -0.39 is 5.97 Å². The number of piperidine rings is 1. The number of likely N-dealkylation sites (tertiary alicyclic amines) is 1. The van der Waals surface area contributed by atoms with Gasteiger partial charge in [-0.3, -0.25) is 9.69 Å². The molecule has 0 aromatic carbocycles. The average Bonchev–Trinajstić information content (AvgIpc) is 2.35. The van der Waals surface area contributed by atoms with Crippen LogP contribution in [-0.2, 0) is 4.79 Å². The lowest BCUT2D eigenvalue weighted by Gasteiger charge is -2.47. The van der Waals surface area contributed by atoms with Crippen LogP contribution in [0, 0.1) is 5.92 Å². The lowest BCUT2D eigenvalue weighted by molar-refractivity contribution is -0.147. The highest BCUT2D eigenvalue weighted by Gasteiger charge is 2.40. The van der Waals surface area contributed by atoms with Crippen LogP contribution in [0.4, 0.5) is 0 Å². The van der Waals surface area contributed by atoms with Crippen LogP contribution in [0.5, 0.6) is 0 Å². The summed E-state index contributed by atoms with van der Waals surface area (Å²) in [6.07, 6.45) is 9.18. The first-order valence-electron chi connectivity index (χ1n) is 7.21. The van der Waals surface area contributed by atoms with Crippen molar-refractivity contribution in [3.05, 3.63) is 11.6 Å². The molecule has 0 aromatic rings. The quantitative estimate of drug-likeness (QED) is 0.784. The molecule has 1 saturated carbocycles. The van der Waals surface area contributed by atoms with E-state index in [1.165, 1.54) is 31.3 Å². The molecule has 1 heterocycles. The molecule has 2 aliphatic rings. The molecule has 0 aromatic heterocycles. The first kappa shape index (κ1) is 13.6. The molecule has 3 unspecified atom stereocenters. The summed E-state index contributed by atoms with van der Waals surface area (Å²) in [5, 5.41) is 9.40. The second kappa shape index (κ2) is 5.87. The number of carboxylic acids is 1. The van der Waals surface area contributed by atoms with Gasteiger partial charge in [0.15, 0.2) is 0 Å². The molecule has 3 atom stereocenters. The minimum absolute atomic E-state index is 0.264.